The van der Waals surface area contributed by atoms with E-state index in [-0.39, 0.29) is 17.9 Å². The molecule has 0 aliphatic rings. The van der Waals surface area contributed by atoms with Gasteiger partial charge in [-0.25, -0.2) is 0 Å². The number of ether oxygens (including phenoxy) is 3. The highest BCUT2D eigenvalue weighted by atomic mass is 28.4. The third-order valence-corrected chi connectivity index (χ3v) is 14.4. The Bertz CT molecular complexity index is 1490. The maximum Gasteiger partial charge on any atom is 0.261 e. The fourth-order valence-electron chi connectivity index (χ4n) is 7.05. The smallest absolute Gasteiger partial charge is 0.261 e. The van der Waals surface area contributed by atoms with Crippen molar-refractivity contribution in [3.05, 3.63) is 168 Å². The molecule has 4 nitrogen and oxygen atoms in total. The number of hydrogen-bond acceptors (Lipinski definition) is 4. The van der Waals surface area contributed by atoms with E-state index in [0.717, 1.165) is 42.4 Å². The molecule has 0 aromatic heterocycles. The molecule has 5 aromatic carbocycles. The molecule has 0 spiro atoms. The standard InChI is InChI=1S/C44H52O4Si/c1-43(2,3)49(41-29-16-8-17-30-41,42-31-18-9-19-32-42)48-35-33-40(46-36-45-4)28-20-21-34-47-44(37-22-10-5-11-23-37,38-24-12-6-13-25-38)39-26-14-7-15-27-39/h5-19,22-27,29-32,40H,20-21,28,33-36H2,1-4H3/t40-/m0/s1. The van der Waals surface area contributed by atoms with E-state index in [2.05, 4.69) is 172 Å². The minimum absolute atomic E-state index is 0.0142. The summed E-state index contributed by atoms with van der Waals surface area (Å²) in [7, 11) is -0.935. The Morgan fingerprint density at radius 2 is 0.959 bits per heavy atom. The lowest BCUT2D eigenvalue weighted by molar-refractivity contribution is -0.0806. The molecule has 0 saturated heterocycles. The minimum Gasteiger partial charge on any atom is -0.407 e. The quantitative estimate of drug-likeness (QED) is 0.0403. The molecule has 0 amide bonds. The van der Waals surface area contributed by atoms with Gasteiger partial charge in [0.2, 0.25) is 0 Å². The fraction of sp³-hybridized carbons (Fsp3) is 0.318. The van der Waals surface area contributed by atoms with E-state index in [4.69, 9.17) is 18.6 Å². The molecule has 0 radical (unpaired) electrons. The van der Waals surface area contributed by atoms with Crippen molar-refractivity contribution in [2.75, 3.05) is 27.1 Å². The zero-order chi connectivity index (χ0) is 34.4. The van der Waals surface area contributed by atoms with Crippen molar-refractivity contribution in [3.8, 4) is 0 Å². The lowest BCUT2D eigenvalue weighted by atomic mass is 9.80. The van der Waals surface area contributed by atoms with Crippen LogP contribution in [0, 0.1) is 0 Å². The summed E-state index contributed by atoms with van der Waals surface area (Å²) in [4.78, 5) is 0. The molecule has 1 atom stereocenters. The minimum atomic E-state index is -2.62. The van der Waals surface area contributed by atoms with E-state index in [1.165, 1.54) is 10.4 Å². The van der Waals surface area contributed by atoms with Gasteiger partial charge in [0.1, 0.15) is 12.4 Å². The molecule has 0 unspecified atom stereocenters. The molecular weight excluding hydrogens is 621 g/mol. The molecule has 5 rings (SSSR count). The third-order valence-electron chi connectivity index (χ3n) is 9.38. The molecule has 49 heavy (non-hydrogen) atoms. The average molecular weight is 673 g/mol. The molecule has 0 heterocycles. The van der Waals surface area contributed by atoms with Crippen LogP contribution in [-0.4, -0.2) is 41.5 Å². The first-order valence-electron chi connectivity index (χ1n) is 17.6. The third kappa shape index (κ3) is 8.67. The van der Waals surface area contributed by atoms with Gasteiger partial charge in [-0.15, -0.1) is 0 Å². The van der Waals surface area contributed by atoms with Gasteiger partial charge < -0.3 is 18.6 Å². The first-order chi connectivity index (χ1) is 23.9. The van der Waals surface area contributed by atoms with Crippen LogP contribution < -0.4 is 10.4 Å². The van der Waals surface area contributed by atoms with Crippen molar-refractivity contribution in [1.29, 1.82) is 0 Å². The highest BCUT2D eigenvalue weighted by Crippen LogP contribution is 2.41. The molecule has 0 aliphatic heterocycles. The Morgan fingerprint density at radius 1 is 0.531 bits per heavy atom. The van der Waals surface area contributed by atoms with Crippen LogP contribution in [0.25, 0.3) is 0 Å². The van der Waals surface area contributed by atoms with Gasteiger partial charge >= 0.3 is 0 Å². The van der Waals surface area contributed by atoms with Crippen molar-refractivity contribution in [3.63, 3.8) is 0 Å². The summed E-state index contributed by atoms with van der Waals surface area (Å²) in [6, 6.07) is 53.3. The first kappa shape index (κ1) is 36.4. The molecule has 0 fully saturated rings. The van der Waals surface area contributed by atoms with Gasteiger partial charge in [-0.1, -0.05) is 172 Å². The summed E-state index contributed by atoms with van der Waals surface area (Å²) < 4.78 is 25.8. The molecule has 0 N–H and O–H groups in total. The van der Waals surface area contributed by atoms with Crippen LogP contribution in [0.15, 0.2) is 152 Å². The molecule has 0 aliphatic carbocycles. The second-order valence-electron chi connectivity index (χ2n) is 13.6. The Kier molecular flexibility index (Phi) is 13.2. The second kappa shape index (κ2) is 17.7. The van der Waals surface area contributed by atoms with Crippen molar-refractivity contribution >= 4 is 18.7 Å². The molecule has 0 bridgehead atoms. The Morgan fingerprint density at radius 3 is 1.37 bits per heavy atom. The lowest BCUT2D eigenvalue weighted by Gasteiger charge is -2.43. The number of hydrogen-bond donors (Lipinski definition) is 0. The predicted octanol–water partition coefficient (Wildman–Crippen LogP) is 9.12. The van der Waals surface area contributed by atoms with Crippen LogP contribution in [0.5, 0.6) is 0 Å². The second-order valence-corrected chi connectivity index (χ2v) is 17.9. The maximum atomic E-state index is 7.19. The number of methoxy groups -OCH3 is 1. The SMILES string of the molecule is COCO[C@@H](CCCCOC(c1ccccc1)(c1ccccc1)c1ccccc1)CCO[Si](c1ccccc1)(c1ccccc1)C(C)(C)C. The molecular formula is C44H52O4Si. The summed E-state index contributed by atoms with van der Waals surface area (Å²) in [6.45, 7) is 8.43. The summed E-state index contributed by atoms with van der Waals surface area (Å²) in [5.74, 6) is 0. The van der Waals surface area contributed by atoms with Gasteiger partial charge in [0.05, 0.1) is 6.10 Å². The van der Waals surface area contributed by atoms with E-state index >= 15 is 0 Å². The zero-order valence-corrected chi connectivity index (χ0v) is 30.6. The van der Waals surface area contributed by atoms with Crippen LogP contribution in [0.1, 0.15) is 63.1 Å². The molecule has 256 valence electrons. The topological polar surface area (TPSA) is 36.9 Å². The number of rotatable bonds is 18. The van der Waals surface area contributed by atoms with Crippen LogP contribution >= 0.6 is 0 Å². The zero-order valence-electron chi connectivity index (χ0n) is 29.6. The van der Waals surface area contributed by atoms with E-state index in [9.17, 15) is 0 Å². The fourth-order valence-corrected chi connectivity index (χ4v) is 11.6. The van der Waals surface area contributed by atoms with E-state index < -0.39 is 13.9 Å². The van der Waals surface area contributed by atoms with Crippen LogP contribution in [0.4, 0.5) is 0 Å². The van der Waals surface area contributed by atoms with Crippen molar-refractivity contribution in [2.24, 2.45) is 0 Å². The van der Waals surface area contributed by atoms with Crippen LogP contribution in [-0.2, 0) is 24.2 Å². The highest BCUT2D eigenvalue weighted by Gasteiger charge is 2.50. The van der Waals surface area contributed by atoms with Gasteiger partial charge in [0.25, 0.3) is 8.32 Å². The summed E-state index contributed by atoms with van der Waals surface area (Å²) in [6.07, 6.45) is 3.56. The van der Waals surface area contributed by atoms with E-state index in [1.807, 2.05) is 0 Å². The van der Waals surface area contributed by atoms with Gasteiger partial charge in [-0.3, -0.25) is 0 Å². The highest BCUT2D eigenvalue weighted by molar-refractivity contribution is 6.99. The first-order valence-corrected chi connectivity index (χ1v) is 19.5. The maximum absolute atomic E-state index is 7.19. The molecule has 0 saturated carbocycles. The lowest BCUT2D eigenvalue weighted by Crippen LogP contribution is -2.66. The van der Waals surface area contributed by atoms with Gasteiger partial charge in [0.15, 0.2) is 0 Å². The monoisotopic (exact) mass is 672 g/mol. The Labute approximate surface area is 295 Å². The van der Waals surface area contributed by atoms with Crippen LogP contribution in [0.3, 0.4) is 0 Å². The van der Waals surface area contributed by atoms with E-state index in [1.54, 1.807) is 7.11 Å². The normalized spacial score (nSPS) is 12.9. The summed E-state index contributed by atoms with van der Waals surface area (Å²) in [5, 5.41) is 2.51. The largest absolute Gasteiger partial charge is 0.407 e. The summed E-state index contributed by atoms with van der Waals surface area (Å²) in [5.41, 5.74) is 2.65. The van der Waals surface area contributed by atoms with Crippen LogP contribution in [0.2, 0.25) is 5.04 Å². The van der Waals surface area contributed by atoms with Gasteiger partial charge in [0, 0.05) is 20.3 Å². The van der Waals surface area contributed by atoms with Crippen molar-refractivity contribution in [1.82, 2.24) is 0 Å². The molecule has 5 aromatic rings. The number of unbranched alkanes of at least 4 members (excludes halogenated alkanes) is 1. The summed E-state index contributed by atoms with van der Waals surface area (Å²) >= 11 is 0. The van der Waals surface area contributed by atoms with Crippen molar-refractivity contribution in [2.45, 2.75) is 63.2 Å². The predicted molar refractivity (Wildman–Crippen MR) is 204 cm³/mol. The van der Waals surface area contributed by atoms with E-state index in [0.29, 0.717) is 13.2 Å². The Hall–Kier alpha value is -3.84. The average Bonchev–Trinajstić information content (AvgIpc) is 3.15. The Balaban J connectivity index is 1.29. The van der Waals surface area contributed by atoms with Crippen molar-refractivity contribution < 1.29 is 18.6 Å². The molecule has 5 heteroatoms. The van der Waals surface area contributed by atoms with Gasteiger partial charge in [-0.2, -0.15) is 0 Å². The number of benzene rings is 5. The van der Waals surface area contributed by atoms with Gasteiger partial charge in [-0.05, 0) is 57.8 Å².